The summed E-state index contributed by atoms with van der Waals surface area (Å²) in [5, 5.41) is -0.933. The van der Waals surface area contributed by atoms with Crippen molar-refractivity contribution in [1.82, 2.24) is 0 Å². The van der Waals surface area contributed by atoms with Gasteiger partial charge in [0.1, 0.15) is 0 Å². The van der Waals surface area contributed by atoms with E-state index >= 15 is 0 Å². The van der Waals surface area contributed by atoms with Crippen molar-refractivity contribution in [2.45, 2.75) is 7.43 Å². The number of carbonyl (C=O) groups excluding carboxylic acids is 2. The van der Waals surface area contributed by atoms with Gasteiger partial charge >= 0.3 is 29.6 Å². The number of hydrogen-bond donors (Lipinski definition) is 3. The van der Waals surface area contributed by atoms with Crippen LogP contribution >= 0.6 is 25.3 Å². The Bertz CT molecular complexity index is 531. The van der Waals surface area contributed by atoms with Gasteiger partial charge in [-0.1, -0.05) is 69.1 Å². The number of amides is 2. The van der Waals surface area contributed by atoms with Gasteiger partial charge in [-0.2, -0.15) is 0 Å². The largest absolute Gasteiger partial charge is 1.00 e. The van der Waals surface area contributed by atoms with Crippen molar-refractivity contribution in [2.75, 3.05) is 4.90 Å². The van der Waals surface area contributed by atoms with E-state index in [1.54, 1.807) is 4.90 Å². The minimum absolute atomic E-state index is 0. The van der Waals surface area contributed by atoms with Gasteiger partial charge in [0, 0.05) is 11.4 Å². The fraction of sp³-hybridized carbons (Fsp3) is 0.0667. The van der Waals surface area contributed by atoms with Gasteiger partial charge in [-0.25, -0.2) is 0 Å². The number of para-hydroxylation sites is 2. The molecule has 0 bridgehead atoms. The molecule has 114 valence electrons. The third kappa shape index (κ3) is 8.51. The maximum absolute atomic E-state index is 11.5. The first-order valence-corrected chi connectivity index (χ1v) is 6.53. The molecule has 0 unspecified atom stereocenters. The zero-order valence-electron chi connectivity index (χ0n) is 12.5. The summed E-state index contributed by atoms with van der Waals surface area (Å²) in [5.41, 5.74) is 5.96. The summed E-state index contributed by atoms with van der Waals surface area (Å²) >= 11 is 7.01. The number of benzene rings is 2. The zero-order chi connectivity index (χ0) is 15.0. The van der Waals surface area contributed by atoms with Gasteiger partial charge in [0.05, 0.1) is 0 Å². The van der Waals surface area contributed by atoms with Gasteiger partial charge in [0.15, 0.2) is 0 Å². The summed E-state index contributed by atoms with van der Waals surface area (Å²) in [6.07, 6.45) is 0. The number of nitrogens with zero attached hydrogens (tertiary/aromatic N) is 1. The van der Waals surface area contributed by atoms with E-state index in [0.29, 0.717) is 0 Å². The average molecular weight is 346 g/mol. The molecule has 2 rings (SSSR count). The fourth-order valence-electron chi connectivity index (χ4n) is 1.52. The maximum Gasteiger partial charge on any atom is 1.00 e. The van der Waals surface area contributed by atoms with E-state index in [1.807, 2.05) is 60.7 Å². The Labute approximate surface area is 165 Å². The number of anilines is 2. The summed E-state index contributed by atoms with van der Waals surface area (Å²) in [6.45, 7) is 0. The second-order valence-corrected chi connectivity index (χ2v) is 4.45. The van der Waals surface area contributed by atoms with Crippen LogP contribution in [0.2, 0.25) is 0 Å². The van der Waals surface area contributed by atoms with E-state index < -0.39 is 5.24 Å². The third-order valence-electron chi connectivity index (χ3n) is 2.22. The molecule has 0 spiro atoms. The van der Waals surface area contributed by atoms with Crippen LogP contribution < -0.4 is 40.2 Å². The molecule has 0 aliphatic carbocycles. The van der Waals surface area contributed by atoms with Gasteiger partial charge in [0.25, 0.3) is 10.5 Å². The van der Waals surface area contributed by atoms with E-state index in [4.69, 9.17) is 4.79 Å². The first-order chi connectivity index (χ1) is 9.52. The topological polar surface area (TPSA) is 63.4 Å². The third-order valence-corrected chi connectivity index (χ3v) is 2.42. The van der Waals surface area contributed by atoms with Crippen molar-refractivity contribution in [3.8, 4) is 0 Å². The Morgan fingerprint density at radius 3 is 1.36 bits per heavy atom. The van der Waals surface area contributed by atoms with Crippen molar-refractivity contribution in [1.29, 1.82) is 0 Å². The number of carbonyl (C=O) groups is 2. The number of primary amides is 1. The van der Waals surface area contributed by atoms with Crippen molar-refractivity contribution >= 4 is 47.1 Å². The van der Waals surface area contributed by atoms with E-state index in [0.717, 1.165) is 11.4 Å². The van der Waals surface area contributed by atoms with Crippen molar-refractivity contribution in [2.24, 2.45) is 5.73 Å². The first kappa shape index (κ1) is 23.3. The van der Waals surface area contributed by atoms with Crippen LogP contribution in [0.3, 0.4) is 0 Å². The molecule has 0 aliphatic rings. The Hall–Kier alpha value is -0.920. The van der Waals surface area contributed by atoms with Crippen LogP contribution in [0.4, 0.5) is 21.0 Å². The molecule has 7 heteroatoms. The van der Waals surface area contributed by atoms with Gasteiger partial charge in [-0.05, 0) is 24.3 Å². The van der Waals surface area contributed by atoms with Crippen molar-refractivity contribution < 1.29 is 40.6 Å². The SMILES string of the molecule is C.NC(=O)S.O=C(S)N(c1ccccc1)c1ccccc1.[H-].[Na+]. The minimum Gasteiger partial charge on any atom is -1.00 e. The monoisotopic (exact) mass is 346 g/mol. The Morgan fingerprint density at radius 2 is 1.14 bits per heavy atom. The Balaban J connectivity index is -0.000000517. The maximum atomic E-state index is 11.5. The molecule has 0 fully saturated rings. The number of hydrogen-bond acceptors (Lipinski definition) is 2. The summed E-state index contributed by atoms with van der Waals surface area (Å²) < 4.78 is 0. The molecule has 0 radical (unpaired) electrons. The van der Waals surface area contributed by atoms with Crippen LogP contribution in [0, 0.1) is 0 Å². The van der Waals surface area contributed by atoms with Crippen LogP contribution in [0.25, 0.3) is 0 Å². The normalized spacial score (nSPS) is 8.27. The molecule has 0 aromatic heterocycles. The molecular formula is C15H19N2NaO2S2. The van der Waals surface area contributed by atoms with Gasteiger partial charge < -0.3 is 7.16 Å². The minimum atomic E-state index is -0.639. The van der Waals surface area contributed by atoms with Crippen LogP contribution in [0.5, 0.6) is 0 Å². The molecular weight excluding hydrogens is 327 g/mol. The summed E-state index contributed by atoms with van der Waals surface area (Å²) in [7, 11) is 0. The molecule has 0 saturated carbocycles. The predicted octanol–water partition coefficient (Wildman–Crippen LogP) is 1.62. The molecule has 2 aromatic carbocycles. The number of rotatable bonds is 2. The predicted molar refractivity (Wildman–Crippen MR) is 95.8 cm³/mol. The van der Waals surface area contributed by atoms with Crippen LogP contribution in [-0.2, 0) is 0 Å². The van der Waals surface area contributed by atoms with Crippen LogP contribution in [-0.4, -0.2) is 10.5 Å². The molecule has 4 nitrogen and oxygen atoms in total. The van der Waals surface area contributed by atoms with Crippen LogP contribution in [0.15, 0.2) is 60.7 Å². The average Bonchev–Trinajstić information content (AvgIpc) is 2.40. The van der Waals surface area contributed by atoms with Crippen molar-refractivity contribution in [3.63, 3.8) is 0 Å². The second kappa shape index (κ2) is 12.6. The smallest absolute Gasteiger partial charge is 1.00 e. The van der Waals surface area contributed by atoms with E-state index in [9.17, 15) is 4.79 Å². The second-order valence-electron chi connectivity index (χ2n) is 3.63. The van der Waals surface area contributed by atoms with Gasteiger partial charge in [0.2, 0.25) is 0 Å². The quantitative estimate of drug-likeness (QED) is 0.572. The molecule has 2 amide bonds. The zero-order valence-corrected chi connectivity index (χ0v) is 15.3. The molecule has 2 aromatic rings. The van der Waals surface area contributed by atoms with Gasteiger partial charge in [-0.3, -0.25) is 14.5 Å². The summed E-state index contributed by atoms with van der Waals surface area (Å²) in [6, 6.07) is 18.9. The summed E-state index contributed by atoms with van der Waals surface area (Å²) in [5.74, 6) is 0. The first-order valence-electron chi connectivity index (χ1n) is 5.64. The summed E-state index contributed by atoms with van der Waals surface area (Å²) in [4.78, 5) is 22.2. The number of thiol groups is 2. The van der Waals surface area contributed by atoms with E-state index in [2.05, 4.69) is 31.0 Å². The Morgan fingerprint density at radius 1 is 0.864 bits per heavy atom. The number of nitrogens with two attached hydrogens (primary N) is 1. The Kier molecular flexibility index (Phi) is 13.4. The molecule has 22 heavy (non-hydrogen) atoms. The molecule has 0 heterocycles. The van der Waals surface area contributed by atoms with E-state index in [-0.39, 0.29) is 43.6 Å². The van der Waals surface area contributed by atoms with E-state index in [1.165, 1.54) is 0 Å². The van der Waals surface area contributed by atoms with Crippen LogP contribution in [0.1, 0.15) is 8.85 Å². The van der Waals surface area contributed by atoms with Crippen molar-refractivity contribution in [3.05, 3.63) is 60.7 Å². The molecule has 0 saturated heterocycles. The molecule has 0 atom stereocenters. The molecule has 2 N–H and O–H groups in total. The van der Waals surface area contributed by atoms with Gasteiger partial charge in [-0.15, -0.1) is 0 Å². The standard InChI is InChI=1S/C13H11NOS.CH3NOS.CH4.Na.H/c15-13(16)14(11-7-3-1-4-8-11)12-9-5-2-6-10-12;2-1(3)4;;;/h1-10H,(H,15,16);(H3,2,3,4);1H4;;/q;;;+1;-1. The molecule has 0 aliphatic heterocycles. The fourth-order valence-corrected chi connectivity index (χ4v) is 1.76.